The summed E-state index contributed by atoms with van der Waals surface area (Å²) >= 11 is 0. The highest BCUT2D eigenvalue weighted by molar-refractivity contribution is 6.62. The SMILES string of the molecule is Cc1cc(C)cc(C2(C)c3ccccc3-c3ccc(B4OC(C)(C)C(C)(C)O4)cc32)c1. The fourth-order valence-corrected chi connectivity index (χ4v) is 5.21. The highest BCUT2D eigenvalue weighted by Gasteiger charge is 2.52. The molecule has 3 aromatic rings. The lowest BCUT2D eigenvalue weighted by Crippen LogP contribution is -2.41. The van der Waals surface area contributed by atoms with Gasteiger partial charge in [0.15, 0.2) is 0 Å². The average Bonchev–Trinajstić information content (AvgIpc) is 3.09. The van der Waals surface area contributed by atoms with E-state index in [1.54, 1.807) is 0 Å². The monoisotopic (exact) mass is 410 g/mol. The molecule has 0 saturated carbocycles. The van der Waals surface area contributed by atoms with Gasteiger partial charge in [0.05, 0.1) is 11.2 Å². The summed E-state index contributed by atoms with van der Waals surface area (Å²) in [6.07, 6.45) is 0. The number of hydrogen-bond acceptors (Lipinski definition) is 2. The summed E-state index contributed by atoms with van der Waals surface area (Å²) in [7, 11) is -0.359. The van der Waals surface area contributed by atoms with Gasteiger partial charge >= 0.3 is 7.12 Å². The van der Waals surface area contributed by atoms with Crippen molar-refractivity contribution in [1.82, 2.24) is 0 Å². The predicted molar refractivity (Wildman–Crippen MR) is 129 cm³/mol. The quantitative estimate of drug-likeness (QED) is 0.487. The third-order valence-corrected chi connectivity index (χ3v) is 7.66. The van der Waals surface area contributed by atoms with Crippen molar-refractivity contribution in [3.63, 3.8) is 0 Å². The van der Waals surface area contributed by atoms with Gasteiger partial charge in [-0.05, 0) is 81.7 Å². The van der Waals surface area contributed by atoms with E-state index in [1.807, 2.05) is 0 Å². The number of hydrogen-bond donors (Lipinski definition) is 0. The van der Waals surface area contributed by atoms with Gasteiger partial charge in [-0.1, -0.05) is 71.8 Å². The van der Waals surface area contributed by atoms with Gasteiger partial charge in [-0.25, -0.2) is 0 Å². The number of rotatable bonds is 2. The van der Waals surface area contributed by atoms with E-state index in [4.69, 9.17) is 9.31 Å². The molecule has 1 aliphatic carbocycles. The minimum Gasteiger partial charge on any atom is -0.399 e. The minimum atomic E-state index is -0.359. The summed E-state index contributed by atoms with van der Waals surface area (Å²) in [6, 6.07) is 22.5. The zero-order valence-electron chi connectivity index (χ0n) is 19.7. The molecule has 1 heterocycles. The third-order valence-electron chi connectivity index (χ3n) is 7.66. The second-order valence-electron chi connectivity index (χ2n) is 10.4. The molecule has 1 unspecified atom stereocenters. The summed E-state index contributed by atoms with van der Waals surface area (Å²) in [6.45, 7) is 15.2. The second kappa shape index (κ2) is 6.57. The topological polar surface area (TPSA) is 18.5 Å². The molecule has 5 rings (SSSR count). The van der Waals surface area contributed by atoms with E-state index >= 15 is 0 Å². The summed E-state index contributed by atoms with van der Waals surface area (Å²) in [5, 5.41) is 0. The maximum atomic E-state index is 6.38. The largest absolute Gasteiger partial charge is 0.494 e. The Balaban J connectivity index is 1.70. The molecule has 0 N–H and O–H groups in total. The third kappa shape index (κ3) is 2.94. The first kappa shape index (κ1) is 20.5. The Hall–Kier alpha value is -2.36. The fraction of sp³-hybridized carbons (Fsp3) is 0.357. The molecule has 2 nitrogen and oxygen atoms in total. The first-order valence-electron chi connectivity index (χ1n) is 11.2. The number of benzene rings is 3. The molecule has 31 heavy (non-hydrogen) atoms. The van der Waals surface area contributed by atoms with Crippen LogP contribution in [0.25, 0.3) is 11.1 Å². The molecule has 158 valence electrons. The molecule has 1 fully saturated rings. The van der Waals surface area contributed by atoms with Crippen molar-refractivity contribution in [2.24, 2.45) is 0 Å². The fourth-order valence-electron chi connectivity index (χ4n) is 5.21. The van der Waals surface area contributed by atoms with E-state index in [2.05, 4.69) is 109 Å². The van der Waals surface area contributed by atoms with Crippen LogP contribution < -0.4 is 5.46 Å². The van der Waals surface area contributed by atoms with Crippen LogP contribution in [0.1, 0.15) is 62.4 Å². The summed E-state index contributed by atoms with van der Waals surface area (Å²) in [5.74, 6) is 0. The molecule has 1 atom stereocenters. The van der Waals surface area contributed by atoms with Gasteiger partial charge in [0.25, 0.3) is 0 Å². The van der Waals surface area contributed by atoms with E-state index in [0.717, 1.165) is 5.46 Å². The van der Waals surface area contributed by atoms with Crippen LogP contribution in [-0.4, -0.2) is 18.3 Å². The lowest BCUT2D eigenvalue weighted by Gasteiger charge is -2.32. The van der Waals surface area contributed by atoms with E-state index < -0.39 is 0 Å². The highest BCUT2D eigenvalue weighted by Crippen LogP contribution is 2.52. The maximum Gasteiger partial charge on any atom is 0.494 e. The Morgan fingerprint density at radius 1 is 0.645 bits per heavy atom. The highest BCUT2D eigenvalue weighted by atomic mass is 16.7. The molecule has 2 aliphatic rings. The lowest BCUT2D eigenvalue weighted by atomic mass is 9.70. The van der Waals surface area contributed by atoms with Gasteiger partial charge < -0.3 is 9.31 Å². The van der Waals surface area contributed by atoms with Crippen LogP contribution in [0, 0.1) is 13.8 Å². The van der Waals surface area contributed by atoms with Crippen LogP contribution in [0.5, 0.6) is 0 Å². The second-order valence-corrected chi connectivity index (χ2v) is 10.4. The Labute approximate surface area is 186 Å². The lowest BCUT2D eigenvalue weighted by molar-refractivity contribution is 0.00578. The zero-order chi connectivity index (χ0) is 22.2. The molecule has 3 heteroatoms. The average molecular weight is 410 g/mol. The molecule has 0 aromatic heterocycles. The molecular weight excluding hydrogens is 379 g/mol. The molecule has 0 radical (unpaired) electrons. The predicted octanol–water partition coefficient (Wildman–Crippen LogP) is 5.94. The normalized spacial score (nSPS) is 23.0. The van der Waals surface area contributed by atoms with Crippen molar-refractivity contribution in [2.45, 2.75) is 65.1 Å². The maximum absolute atomic E-state index is 6.38. The number of fused-ring (bicyclic) bond motifs is 3. The minimum absolute atomic E-state index is 0.220. The standard InChI is InChI=1S/C28H31BO2/c1-18-14-19(2)16-20(15-18)28(7)24-11-9-8-10-22(24)23-13-12-21(17-25(23)28)29-30-26(3,4)27(5,6)31-29/h8-17H,1-7H3. The van der Waals surface area contributed by atoms with Crippen LogP contribution in [0.15, 0.2) is 60.7 Å². The molecule has 1 saturated heterocycles. The molecule has 3 aromatic carbocycles. The van der Waals surface area contributed by atoms with Crippen molar-refractivity contribution in [2.75, 3.05) is 0 Å². The van der Waals surface area contributed by atoms with Gasteiger partial charge in [0.1, 0.15) is 0 Å². The van der Waals surface area contributed by atoms with Gasteiger partial charge in [-0.15, -0.1) is 0 Å². The van der Waals surface area contributed by atoms with Crippen LogP contribution in [0.3, 0.4) is 0 Å². The smallest absolute Gasteiger partial charge is 0.399 e. The van der Waals surface area contributed by atoms with Crippen molar-refractivity contribution >= 4 is 12.6 Å². The Bertz CT molecular complexity index is 1160. The Morgan fingerprint density at radius 3 is 1.87 bits per heavy atom. The summed E-state index contributed by atoms with van der Waals surface area (Å²) in [5.41, 5.74) is 9.40. The zero-order valence-corrected chi connectivity index (χ0v) is 19.7. The Morgan fingerprint density at radius 2 is 1.23 bits per heavy atom. The number of aryl methyl sites for hydroxylation is 2. The molecule has 1 aliphatic heterocycles. The van der Waals surface area contributed by atoms with Crippen LogP contribution >= 0.6 is 0 Å². The van der Waals surface area contributed by atoms with Crippen molar-refractivity contribution in [3.05, 3.63) is 88.5 Å². The molecule has 0 bridgehead atoms. The molecule has 0 amide bonds. The van der Waals surface area contributed by atoms with Gasteiger partial charge in [0, 0.05) is 5.41 Å². The first-order valence-corrected chi connectivity index (χ1v) is 11.2. The summed E-state index contributed by atoms with van der Waals surface area (Å²) in [4.78, 5) is 0. The van der Waals surface area contributed by atoms with Crippen LogP contribution in [0.4, 0.5) is 0 Å². The van der Waals surface area contributed by atoms with Gasteiger partial charge in [0.2, 0.25) is 0 Å². The summed E-state index contributed by atoms with van der Waals surface area (Å²) < 4.78 is 12.8. The van der Waals surface area contributed by atoms with Crippen molar-refractivity contribution in [3.8, 4) is 11.1 Å². The van der Waals surface area contributed by atoms with Crippen molar-refractivity contribution < 1.29 is 9.31 Å². The molecule has 0 spiro atoms. The van der Waals surface area contributed by atoms with E-state index in [-0.39, 0.29) is 23.7 Å². The van der Waals surface area contributed by atoms with Gasteiger partial charge in [-0.2, -0.15) is 0 Å². The molecular formula is C28H31BO2. The van der Waals surface area contributed by atoms with Crippen molar-refractivity contribution in [1.29, 1.82) is 0 Å². The van der Waals surface area contributed by atoms with E-state index in [1.165, 1.54) is 38.9 Å². The Kier molecular flexibility index (Phi) is 4.36. The van der Waals surface area contributed by atoms with Crippen LogP contribution in [0.2, 0.25) is 0 Å². The van der Waals surface area contributed by atoms with E-state index in [9.17, 15) is 0 Å². The first-order chi connectivity index (χ1) is 14.5. The van der Waals surface area contributed by atoms with Crippen LogP contribution in [-0.2, 0) is 14.7 Å². The van der Waals surface area contributed by atoms with E-state index in [0.29, 0.717) is 0 Å². The van der Waals surface area contributed by atoms with Gasteiger partial charge in [-0.3, -0.25) is 0 Å².